The van der Waals surface area contributed by atoms with Crippen molar-refractivity contribution in [2.45, 2.75) is 52.9 Å². The van der Waals surface area contributed by atoms with Crippen LogP contribution in [-0.4, -0.2) is 26.5 Å². The van der Waals surface area contributed by atoms with E-state index < -0.39 is 0 Å². The first-order valence-corrected chi connectivity index (χ1v) is 7.98. The molecule has 1 fully saturated rings. The topological polar surface area (TPSA) is 93.8 Å². The summed E-state index contributed by atoms with van der Waals surface area (Å²) < 4.78 is 1.28. The van der Waals surface area contributed by atoms with E-state index in [0.29, 0.717) is 35.1 Å². The van der Waals surface area contributed by atoms with E-state index in [9.17, 15) is 9.59 Å². The lowest BCUT2D eigenvalue weighted by molar-refractivity contribution is 0.0942. The highest BCUT2D eigenvalue weighted by Crippen LogP contribution is 2.42. The van der Waals surface area contributed by atoms with Gasteiger partial charge in [-0.05, 0) is 45.6 Å². The molecule has 2 heterocycles. The van der Waals surface area contributed by atoms with Gasteiger partial charge in [-0.2, -0.15) is 9.78 Å². The summed E-state index contributed by atoms with van der Waals surface area (Å²) in [6.07, 6.45) is 2.79. The Bertz CT molecular complexity index is 809. The van der Waals surface area contributed by atoms with E-state index in [0.717, 1.165) is 29.7 Å². The zero-order valence-electron chi connectivity index (χ0n) is 14.0. The standard InChI is InChI=1S/C17H22N4O2/c1-5-12-13(10(4)22)9(3)19-15(12)17(23)21-16(18)8(2)14(20-21)11-6-7-11/h11,19H,5-7,18H2,1-4H3. The molecular formula is C17H22N4O2. The lowest BCUT2D eigenvalue weighted by Crippen LogP contribution is -2.18. The summed E-state index contributed by atoms with van der Waals surface area (Å²) in [4.78, 5) is 27.8. The summed E-state index contributed by atoms with van der Waals surface area (Å²) in [6, 6.07) is 0. The minimum absolute atomic E-state index is 0.0436. The summed E-state index contributed by atoms with van der Waals surface area (Å²) in [5.41, 5.74) is 10.4. The molecule has 1 aliphatic rings. The van der Waals surface area contributed by atoms with Crippen LogP contribution in [-0.2, 0) is 6.42 Å². The van der Waals surface area contributed by atoms with Gasteiger partial charge in [0.2, 0.25) is 0 Å². The number of H-pyrrole nitrogens is 1. The van der Waals surface area contributed by atoms with Crippen LogP contribution < -0.4 is 5.73 Å². The van der Waals surface area contributed by atoms with Crippen molar-refractivity contribution in [3.05, 3.63) is 33.8 Å². The van der Waals surface area contributed by atoms with E-state index in [-0.39, 0.29) is 11.7 Å². The number of nitrogens with two attached hydrogens (primary N) is 1. The molecule has 0 aromatic carbocycles. The first kappa shape index (κ1) is 15.5. The fourth-order valence-corrected chi connectivity index (χ4v) is 3.22. The third-order valence-electron chi connectivity index (χ3n) is 4.57. The third-order valence-corrected chi connectivity index (χ3v) is 4.57. The number of hydrogen-bond donors (Lipinski definition) is 2. The van der Waals surface area contributed by atoms with Crippen LogP contribution in [0.2, 0.25) is 0 Å². The Morgan fingerprint density at radius 2 is 2.00 bits per heavy atom. The molecule has 122 valence electrons. The molecule has 0 atom stereocenters. The van der Waals surface area contributed by atoms with Gasteiger partial charge in [0.05, 0.1) is 5.69 Å². The van der Waals surface area contributed by atoms with Gasteiger partial charge < -0.3 is 10.7 Å². The number of nitrogens with zero attached hydrogens (tertiary/aromatic N) is 2. The normalized spacial score (nSPS) is 14.3. The van der Waals surface area contributed by atoms with Crippen molar-refractivity contribution in [2.24, 2.45) is 0 Å². The van der Waals surface area contributed by atoms with Crippen LogP contribution in [0.5, 0.6) is 0 Å². The Kier molecular flexibility index (Phi) is 3.62. The number of hydrogen-bond acceptors (Lipinski definition) is 4. The monoisotopic (exact) mass is 314 g/mol. The van der Waals surface area contributed by atoms with Gasteiger partial charge in [0.1, 0.15) is 11.5 Å². The Labute approximate surface area is 135 Å². The quantitative estimate of drug-likeness (QED) is 0.848. The SMILES string of the molecule is CCc1c(C(=O)n2nc(C3CC3)c(C)c2N)[nH]c(C)c1C(C)=O. The van der Waals surface area contributed by atoms with Crippen LogP contribution in [0.1, 0.15) is 76.0 Å². The molecule has 6 nitrogen and oxygen atoms in total. The van der Waals surface area contributed by atoms with Crippen molar-refractivity contribution >= 4 is 17.5 Å². The molecule has 0 bridgehead atoms. The van der Waals surface area contributed by atoms with Gasteiger partial charge in [-0.3, -0.25) is 9.59 Å². The first-order valence-electron chi connectivity index (χ1n) is 7.98. The first-order chi connectivity index (χ1) is 10.9. The third kappa shape index (κ3) is 2.38. The lowest BCUT2D eigenvalue weighted by Gasteiger charge is -2.04. The van der Waals surface area contributed by atoms with Gasteiger partial charge >= 0.3 is 0 Å². The number of carbonyl (C=O) groups excluding carboxylic acids is 2. The van der Waals surface area contributed by atoms with Crippen LogP contribution in [0, 0.1) is 13.8 Å². The summed E-state index contributed by atoms with van der Waals surface area (Å²) >= 11 is 0. The Hall–Kier alpha value is -2.37. The van der Waals surface area contributed by atoms with Crippen LogP contribution in [0.15, 0.2) is 0 Å². The molecule has 1 aliphatic carbocycles. The van der Waals surface area contributed by atoms with Crippen molar-refractivity contribution in [2.75, 3.05) is 5.73 Å². The van der Waals surface area contributed by atoms with Crippen LogP contribution in [0.4, 0.5) is 5.82 Å². The zero-order chi connectivity index (χ0) is 16.9. The highest BCUT2D eigenvalue weighted by Gasteiger charge is 2.32. The number of nitrogens with one attached hydrogen (secondary N) is 1. The fourth-order valence-electron chi connectivity index (χ4n) is 3.22. The fraction of sp³-hybridized carbons (Fsp3) is 0.471. The maximum Gasteiger partial charge on any atom is 0.296 e. The van der Waals surface area contributed by atoms with Crippen LogP contribution >= 0.6 is 0 Å². The highest BCUT2D eigenvalue weighted by molar-refractivity contribution is 6.03. The second kappa shape index (κ2) is 5.37. The van der Waals surface area contributed by atoms with Crippen molar-refractivity contribution < 1.29 is 9.59 Å². The molecule has 1 saturated carbocycles. The van der Waals surface area contributed by atoms with Crippen LogP contribution in [0.25, 0.3) is 0 Å². The number of nitrogen functional groups attached to an aromatic ring is 1. The number of aryl methyl sites for hydroxylation is 1. The average molecular weight is 314 g/mol. The zero-order valence-corrected chi connectivity index (χ0v) is 14.0. The molecule has 23 heavy (non-hydrogen) atoms. The predicted octanol–water partition coefficient (Wildman–Crippen LogP) is 2.74. The Morgan fingerprint density at radius 1 is 1.35 bits per heavy atom. The molecule has 0 saturated heterocycles. The van der Waals surface area contributed by atoms with Gasteiger partial charge in [0, 0.05) is 22.7 Å². The minimum Gasteiger partial charge on any atom is -0.383 e. The van der Waals surface area contributed by atoms with Crippen molar-refractivity contribution in [3.8, 4) is 0 Å². The van der Waals surface area contributed by atoms with Gasteiger partial charge in [0.15, 0.2) is 5.78 Å². The predicted molar refractivity (Wildman–Crippen MR) is 88.0 cm³/mol. The minimum atomic E-state index is -0.301. The van der Waals surface area contributed by atoms with E-state index >= 15 is 0 Å². The number of aromatic nitrogens is 3. The average Bonchev–Trinajstić information content (AvgIpc) is 3.22. The molecule has 2 aromatic rings. The van der Waals surface area contributed by atoms with Crippen molar-refractivity contribution in [1.29, 1.82) is 0 Å². The van der Waals surface area contributed by atoms with Crippen LogP contribution in [0.3, 0.4) is 0 Å². The molecule has 2 aromatic heterocycles. The van der Waals surface area contributed by atoms with Gasteiger partial charge in [-0.25, -0.2) is 0 Å². The van der Waals surface area contributed by atoms with E-state index in [1.165, 1.54) is 11.6 Å². The number of aromatic amines is 1. The van der Waals surface area contributed by atoms with E-state index in [4.69, 9.17) is 5.73 Å². The van der Waals surface area contributed by atoms with E-state index in [2.05, 4.69) is 10.1 Å². The molecule has 0 amide bonds. The second-order valence-electron chi connectivity index (χ2n) is 6.28. The second-order valence-corrected chi connectivity index (χ2v) is 6.28. The van der Waals surface area contributed by atoms with Gasteiger partial charge in [-0.15, -0.1) is 0 Å². The number of carbonyl (C=O) groups is 2. The number of anilines is 1. The Balaban J connectivity index is 2.09. The molecule has 0 radical (unpaired) electrons. The lowest BCUT2D eigenvalue weighted by atomic mass is 10.0. The smallest absolute Gasteiger partial charge is 0.296 e. The largest absolute Gasteiger partial charge is 0.383 e. The molecule has 3 rings (SSSR count). The highest BCUT2D eigenvalue weighted by atomic mass is 16.2. The van der Waals surface area contributed by atoms with Gasteiger partial charge in [0.25, 0.3) is 5.91 Å². The molecular weight excluding hydrogens is 292 g/mol. The molecule has 3 N–H and O–H groups in total. The molecule has 0 aliphatic heterocycles. The van der Waals surface area contributed by atoms with E-state index in [1.54, 1.807) is 6.92 Å². The van der Waals surface area contributed by atoms with Crippen molar-refractivity contribution in [1.82, 2.24) is 14.8 Å². The van der Waals surface area contributed by atoms with E-state index in [1.807, 2.05) is 13.8 Å². The Morgan fingerprint density at radius 3 is 2.52 bits per heavy atom. The molecule has 6 heteroatoms. The summed E-state index contributed by atoms with van der Waals surface area (Å²) in [7, 11) is 0. The summed E-state index contributed by atoms with van der Waals surface area (Å²) in [5, 5.41) is 4.44. The number of rotatable bonds is 4. The molecule has 0 spiro atoms. The maximum atomic E-state index is 12.9. The van der Waals surface area contributed by atoms with Crippen molar-refractivity contribution in [3.63, 3.8) is 0 Å². The van der Waals surface area contributed by atoms with Gasteiger partial charge in [-0.1, -0.05) is 6.92 Å². The number of ketones is 1. The molecule has 0 unspecified atom stereocenters. The maximum absolute atomic E-state index is 12.9. The summed E-state index contributed by atoms with van der Waals surface area (Å²) in [6.45, 7) is 7.15. The summed E-state index contributed by atoms with van der Waals surface area (Å²) in [5.74, 6) is 0.466. The number of Topliss-reactive ketones (excluding diaryl/α,β-unsaturated/α-hetero) is 1.